The van der Waals surface area contributed by atoms with Crippen molar-refractivity contribution in [1.29, 1.82) is 0 Å². The molecule has 1 aromatic heterocycles. The first-order valence-electron chi connectivity index (χ1n) is 7.18. The Kier molecular flexibility index (Phi) is 5.19. The number of nitrogens with one attached hydrogen (secondary N) is 1. The standard InChI is InChI=1S/C13H23N5OS/c1-3-7-17(4-2)12(19)10-11(14)16-13(20-10)18-8-5-15-6-9-18/h15H,3-9,14H2,1-2H3. The smallest absolute Gasteiger partial charge is 0.267 e. The number of hydrogen-bond acceptors (Lipinski definition) is 6. The van der Waals surface area contributed by atoms with Gasteiger partial charge in [0.2, 0.25) is 0 Å². The first-order chi connectivity index (χ1) is 9.67. The van der Waals surface area contributed by atoms with E-state index in [1.54, 1.807) is 0 Å². The van der Waals surface area contributed by atoms with Crippen LogP contribution in [0.1, 0.15) is 29.9 Å². The van der Waals surface area contributed by atoms with Crippen LogP contribution in [0.4, 0.5) is 10.9 Å². The zero-order valence-electron chi connectivity index (χ0n) is 12.2. The Bertz CT molecular complexity index is 456. The number of anilines is 2. The summed E-state index contributed by atoms with van der Waals surface area (Å²) < 4.78 is 0. The van der Waals surface area contributed by atoms with E-state index in [-0.39, 0.29) is 5.91 Å². The average molecular weight is 297 g/mol. The molecule has 1 saturated heterocycles. The number of rotatable bonds is 5. The number of carbonyl (C=O) groups excluding carboxylic acids is 1. The van der Waals surface area contributed by atoms with E-state index in [0.717, 1.165) is 44.3 Å². The van der Waals surface area contributed by atoms with Gasteiger partial charge in [0.1, 0.15) is 10.7 Å². The van der Waals surface area contributed by atoms with Crippen LogP contribution in [-0.4, -0.2) is 55.1 Å². The minimum absolute atomic E-state index is 0.00531. The number of amides is 1. The second-order valence-electron chi connectivity index (χ2n) is 4.83. The number of nitrogens with zero attached hydrogens (tertiary/aromatic N) is 3. The van der Waals surface area contributed by atoms with Crippen LogP contribution in [0.25, 0.3) is 0 Å². The maximum atomic E-state index is 12.5. The Morgan fingerprint density at radius 3 is 2.75 bits per heavy atom. The van der Waals surface area contributed by atoms with Crippen molar-refractivity contribution in [3.05, 3.63) is 4.88 Å². The highest BCUT2D eigenvalue weighted by molar-refractivity contribution is 7.18. The van der Waals surface area contributed by atoms with Crippen LogP contribution >= 0.6 is 11.3 Å². The van der Waals surface area contributed by atoms with E-state index in [4.69, 9.17) is 5.73 Å². The van der Waals surface area contributed by atoms with Crippen molar-refractivity contribution in [3.8, 4) is 0 Å². The minimum Gasteiger partial charge on any atom is -0.382 e. The molecular formula is C13H23N5OS. The quantitative estimate of drug-likeness (QED) is 0.848. The number of hydrogen-bond donors (Lipinski definition) is 2. The van der Waals surface area contributed by atoms with E-state index in [1.165, 1.54) is 11.3 Å². The molecule has 3 N–H and O–H groups in total. The Balaban J connectivity index is 2.15. The molecule has 2 rings (SSSR count). The maximum Gasteiger partial charge on any atom is 0.267 e. The predicted molar refractivity (Wildman–Crippen MR) is 83.5 cm³/mol. The highest BCUT2D eigenvalue weighted by Crippen LogP contribution is 2.29. The highest BCUT2D eigenvalue weighted by atomic mass is 32.1. The van der Waals surface area contributed by atoms with Gasteiger partial charge in [-0.3, -0.25) is 4.79 Å². The minimum atomic E-state index is 0.00531. The molecule has 0 saturated carbocycles. The van der Waals surface area contributed by atoms with Crippen molar-refractivity contribution < 1.29 is 4.79 Å². The lowest BCUT2D eigenvalue weighted by molar-refractivity contribution is 0.0770. The fraction of sp³-hybridized carbons (Fsp3) is 0.692. The first-order valence-corrected chi connectivity index (χ1v) is 8.00. The number of nitrogen functional groups attached to an aromatic ring is 1. The monoisotopic (exact) mass is 297 g/mol. The SMILES string of the molecule is CCCN(CC)C(=O)c1sc(N2CCNCC2)nc1N. The number of thiazole rings is 1. The van der Waals surface area contributed by atoms with Gasteiger partial charge >= 0.3 is 0 Å². The molecule has 0 aromatic carbocycles. The van der Waals surface area contributed by atoms with Crippen molar-refractivity contribution in [2.45, 2.75) is 20.3 Å². The lowest BCUT2D eigenvalue weighted by Gasteiger charge is -2.26. The third-order valence-corrected chi connectivity index (χ3v) is 4.51. The fourth-order valence-electron chi connectivity index (χ4n) is 2.28. The molecule has 6 nitrogen and oxygen atoms in total. The molecule has 2 heterocycles. The topological polar surface area (TPSA) is 74.5 Å². The lowest BCUT2D eigenvalue weighted by Crippen LogP contribution is -2.43. The third-order valence-electron chi connectivity index (χ3n) is 3.39. The second-order valence-corrected chi connectivity index (χ2v) is 5.81. The van der Waals surface area contributed by atoms with Gasteiger partial charge in [-0.05, 0) is 13.3 Å². The Morgan fingerprint density at radius 1 is 1.45 bits per heavy atom. The molecule has 1 fully saturated rings. The van der Waals surface area contributed by atoms with Gasteiger partial charge in [0.05, 0.1) is 0 Å². The van der Waals surface area contributed by atoms with E-state index in [1.807, 2.05) is 11.8 Å². The Labute approximate surface area is 124 Å². The molecule has 20 heavy (non-hydrogen) atoms. The summed E-state index contributed by atoms with van der Waals surface area (Å²) in [5, 5.41) is 4.16. The van der Waals surface area contributed by atoms with E-state index >= 15 is 0 Å². The molecule has 0 unspecified atom stereocenters. The molecule has 0 bridgehead atoms. The maximum absolute atomic E-state index is 12.5. The summed E-state index contributed by atoms with van der Waals surface area (Å²) in [6.45, 7) is 9.22. The fourth-order valence-corrected chi connectivity index (χ4v) is 3.29. The van der Waals surface area contributed by atoms with Gasteiger partial charge in [-0.2, -0.15) is 0 Å². The van der Waals surface area contributed by atoms with Crippen molar-refractivity contribution in [2.24, 2.45) is 0 Å². The van der Waals surface area contributed by atoms with Crippen molar-refractivity contribution in [1.82, 2.24) is 15.2 Å². The van der Waals surface area contributed by atoms with E-state index in [2.05, 4.69) is 22.1 Å². The molecule has 1 aliphatic rings. The summed E-state index contributed by atoms with van der Waals surface area (Å²) in [4.78, 5) is 21.4. The van der Waals surface area contributed by atoms with Crippen molar-refractivity contribution >= 4 is 28.2 Å². The predicted octanol–water partition coefficient (Wildman–Crippen LogP) is 1.01. The van der Waals surface area contributed by atoms with Crippen molar-refractivity contribution in [2.75, 3.05) is 49.9 Å². The number of nitrogens with two attached hydrogens (primary N) is 1. The summed E-state index contributed by atoms with van der Waals surface area (Å²) in [7, 11) is 0. The van der Waals surface area contributed by atoms with E-state index < -0.39 is 0 Å². The largest absolute Gasteiger partial charge is 0.382 e. The molecule has 0 aliphatic carbocycles. The number of piperazine rings is 1. The molecule has 0 spiro atoms. The summed E-state index contributed by atoms with van der Waals surface area (Å²) >= 11 is 1.41. The first kappa shape index (κ1) is 15.1. The van der Waals surface area contributed by atoms with Crippen LogP contribution in [0, 0.1) is 0 Å². The van der Waals surface area contributed by atoms with E-state index in [0.29, 0.717) is 17.2 Å². The van der Waals surface area contributed by atoms with Crippen LogP contribution in [0.3, 0.4) is 0 Å². The molecule has 1 aliphatic heterocycles. The molecule has 7 heteroatoms. The van der Waals surface area contributed by atoms with Crippen LogP contribution in [0.2, 0.25) is 0 Å². The number of aromatic nitrogens is 1. The summed E-state index contributed by atoms with van der Waals surface area (Å²) in [6, 6.07) is 0. The molecule has 1 amide bonds. The van der Waals surface area contributed by atoms with Gasteiger partial charge in [0, 0.05) is 39.3 Å². The molecule has 0 atom stereocenters. The highest BCUT2D eigenvalue weighted by Gasteiger charge is 2.23. The van der Waals surface area contributed by atoms with Gasteiger partial charge in [-0.1, -0.05) is 18.3 Å². The zero-order chi connectivity index (χ0) is 14.5. The number of carbonyl (C=O) groups is 1. The molecule has 0 radical (unpaired) electrons. The summed E-state index contributed by atoms with van der Waals surface area (Å²) in [5.41, 5.74) is 5.95. The van der Waals surface area contributed by atoms with E-state index in [9.17, 15) is 4.79 Å². The van der Waals surface area contributed by atoms with Crippen LogP contribution in [0.15, 0.2) is 0 Å². The van der Waals surface area contributed by atoms with Gasteiger partial charge in [-0.15, -0.1) is 0 Å². The van der Waals surface area contributed by atoms with Gasteiger partial charge in [0.25, 0.3) is 5.91 Å². The Morgan fingerprint density at radius 2 is 2.15 bits per heavy atom. The molecule has 112 valence electrons. The summed E-state index contributed by atoms with van der Waals surface area (Å²) in [5.74, 6) is 0.369. The Hall–Kier alpha value is -1.34. The zero-order valence-corrected chi connectivity index (χ0v) is 13.0. The third kappa shape index (κ3) is 3.21. The molecule has 1 aromatic rings. The lowest BCUT2D eigenvalue weighted by atomic mass is 10.3. The van der Waals surface area contributed by atoms with Gasteiger partial charge in [0.15, 0.2) is 5.13 Å². The van der Waals surface area contributed by atoms with Crippen LogP contribution in [-0.2, 0) is 0 Å². The second kappa shape index (κ2) is 6.90. The van der Waals surface area contributed by atoms with Crippen LogP contribution in [0.5, 0.6) is 0 Å². The molecular weight excluding hydrogens is 274 g/mol. The van der Waals surface area contributed by atoms with Gasteiger partial charge < -0.3 is 20.9 Å². The normalized spacial score (nSPS) is 15.4. The average Bonchev–Trinajstić information content (AvgIpc) is 2.87. The van der Waals surface area contributed by atoms with Crippen LogP contribution < -0.4 is 16.0 Å². The van der Waals surface area contributed by atoms with Gasteiger partial charge in [-0.25, -0.2) is 4.98 Å². The summed E-state index contributed by atoms with van der Waals surface area (Å²) in [6.07, 6.45) is 0.947. The van der Waals surface area contributed by atoms with Crippen molar-refractivity contribution in [3.63, 3.8) is 0 Å².